The Labute approximate surface area is 125 Å². The molecule has 0 aromatic carbocycles. The summed E-state index contributed by atoms with van der Waals surface area (Å²) in [5.74, 6) is -0.254. The van der Waals surface area contributed by atoms with E-state index in [-0.39, 0.29) is 5.97 Å². The van der Waals surface area contributed by atoms with Crippen molar-refractivity contribution in [2.75, 3.05) is 0 Å². The van der Waals surface area contributed by atoms with E-state index in [1.54, 1.807) is 0 Å². The molecule has 0 heterocycles. The Kier molecular flexibility index (Phi) is 15.2. The van der Waals surface area contributed by atoms with Crippen LogP contribution in [0.1, 0.15) is 84.5 Å². The van der Waals surface area contributed by atoms with Crippen LogP contribution in [0.5, 0.6) is 0 Å². The molecule has 0 aromatic heterocycles. The topological polar surface area (TPSA) is 26.3 Å². The summed E-state index contributed by atoms with van der Waals surface area (Å²) >= 11 is 0. The predicted octanol–water partition coefficient (Wildman–Crippen LogP) is 5.93. The normalized spacial score (nSPS) is 11.5. The molecule has 0 atom stereocenters. The fraction of sp³-hybridized carbons (Fsp3) is 0.722. The fourth-order valence-electron chi connectivity index (χ4n) is 2.02. The van der Waals surface area contributed by atoms with Crippen LogP contribution in [0.25, 0.3) is 0 Å². The molecule has 0 unspecified atom stereocenters. The number of hydrogen-bond donors (Lipinski definition) is 0. The second kappa shape index (κ2) is 16.0. The number of carbonyl (C=O) groups excluding carboxylic acids is 1. The largest absolute Gasteiger partial charge is 0.435 e. The van der Waals surface area contributed by atoms with Gasteiger partial charge in [-0.2, -0.15) is 0 Å². The number of rotatable bonds is 13. The van der Waals surface area contributed by atoms with Gasteiger partial charge in [0, 0.05) is 6.92 Å². The van der Waals surface area contributed by atoms with Crippen LogP contribution in [0.4, 0.5) is 0 Å². The summed E-state index contributed by atoms with van der Waals surface area (Å²) in [4.78, 5) is 10.5. The zero-order valence-electron chi connectivity index (χ0n) is 13.4. The van der Waals surface area contributed by atoms with E-state index in [0.717, 1.165) is 19.3 Å². The highest BCUT2D eigenvalue weighted by Crippen LogP contribution is 2.09. The van der Waals surface area contributed by atoms with Gasteiger partial charge in [-0.25, -0.2) is 0 Å². The van der Waals surface area contributed by atoms with E-state index < -0.39 is 0 Å². The summed E-state index contributed by atoms with van der Waals surface area (Å²) in [5, 5.41) is 0. The fourth-order valence-corrected chi connectivity index (χ4v) is 2.02. The summed E-state index contributed by atoms with van der Waals surface area (Å²) in [7, 11) is 0. The highest BCUT2D eigenvalue weighted by Gasteiger charge is 1.89. The quantitative estimate of drug-likeness (QED) is 0.181. The lowest BCUT2D eigenvalue weighted by Crippen LogP contribution is -1.89. The molecular formula is C18H32O2. The first-order valence-electron chi connectivity index (χ1n) is 8.24. The van der Waals surface area contributed by atoms with E-state index in [1.165, 1.54) is 64.6 Å². The number of hydrogen-bond acceptors (Lipinski definition) is 2. The van der Waals surface area contributed by atoms with E-state index in [4.69, 9.17) is 4.74 Å². The highest BCUT2D eigenvalue weighted by atomic mass is 16.5. The average Bonchev–Trinajstić information content (AvgIpc) is 2.43. The second-order valence-electron chi connectivity index (χ2n) is 5.29. The van der Waals surface area contributed by atoms with Crippen LogP contribution in [-0.2, 0) is 9.53 Å². The van der Waals surface area contributed by atoms with Gasteiger partial charge in [0.25, 0.3) is 0 Å². The zero-order valence-corrected chi connectivity index (χ0v) is 13.4. The first-order valence-corrected chi connectivity index (χ1v) is 8.24. The Morgan fingerprint density at radius 2 is 1.35 bits per heavy atom. The molecule has 2 nitrogen and oxygen atoms in total. The molecule has 0 saturated carbocycles. The Balaban J connectivity index is 3.16. The van der Waals surface area contributed by atoms with E-state index in [1.807, 2.05) is 6.08 Å². The molecule has 0 aliphatic carbocycles. The summed E-state index contributed by atoms with van der Waals surface area (Å²) in [6.45, 7) is 3.67. The Bertz CT molecular complexity index is 267. The van der Waals surface area contributed by atoms with Crippen molar-refractivity contribution in [2.24, 2.45) is 0 Å². The molecule has 0 aromatic rings. The highest BCUT2D eigenvalue weighted by molar-refractivity contribution is 5.66. The van der Waals surface area contributed by atoms with Gasteiger partial charge in [-0.05, 0) is 38.2 Å². The molecule has 0 aliphatic rings. The van der Waals surface area contributed by atoms with Gasteiger partial charge in [-0.1, -0.05) is 57.6 Å². The number of allylic oxidation sites excluding steroid dienone is 3. The molecule has 0 amide bonds. The number of ether oxygens (including phenoxy) is 1. The summed E-state index contributed by atoms with van der Waals surface area (Å²) in [5.41, 5.74) is 0. The summed E-state index contributed by atoms with van der Waals surface area (Å²) in [6, 6.07) is 0. The third-order valence-corrected chi connectivity index (χ3v) is 3.21. The lowest BCUT2D eigenvalue weighted by atomic mass is 10.1. The molecule has 0 fully saturated rings. The number of carbonyl (C=O) groups is 1. The van der Waals surface area contributed by atoms with E-state index >= 15 is 0 Å². The molecule has 0 aliphatic heterocycles. The van der Waals surface area contributed by atoms with Crippen molar-refractivity contribution in [2.45, 2.75) is 84.5 Å². The molecule has 116 valence electrons. The standard InChI is InChI=1S/C18H32O2/c1-3-4-5-6-7-8-9-10-11-12-13-14-15-16-17-20-18(2)19/h11-12,16-17H,3-10,13-15H2,1-2H3/b12-11+,17-16+. The summed E-state index contributed by atoms with van der Waals surface area (Å²) < 4.78 is 4.71. The van der Waals surface area contributed by atoms with Gasteiger partial charge >= 0.3 is 5.97 Å². The van der Waals surface area contributed by atoms with Crippen LogP contribution in [0.15, 0.2) is 24.5 Å². The minimum absolute atomic E-state index is 0.254. The Morgan fingerprint density at radius 1 is 0.800 bits per heavy atom. The molecule has 0 rings (SSSR count). The van der Waals surface area contributed by atoms with Crippen molar-refractivity contribution in [1.82, 2.24) is 0 Å². The SMILES string of the molecule is CCCCCCCCC/C=C/CCC/C=C/OC(C)=O. The molecule has 2 heteroatoms. The van der Waals surface area contributed by atoms with E-state index in [0.29, 0.717) is 0 Å². The molecule has 0 bridgehead atoms. The van der Waals surface area contributed by atoms with Crippen LogP contribution in [-0.4, -0.2) is 5.97 Å². The lowest BCUT2D eigenvalue weighted by molar-refractivity contribution is -0.135. The maximum atomic E-state index is 10.5. The van der Waals surface area contributed by atoms with Crippen LogP contribution in [0.2, 0.25) is 0 Å². The van der Waals surface area contributed by atoms with Gasteiger partial charge in [0.15, 0.2) is 0 Å². The third-order valence-electron chi connectivity index (χ3n) is 3.21. The molecule has 0 radical (unpaired) electrons. The van der Waals surface area contributed by atoms with Gasteiger partial charge in [0.1, 0.15) is 0 Å². The molecule has 0 saturated heterocycles. The molecule has 20 heavy (non-hydrogen) atoms. The van der Waals surface area contributed by atoms with Gasteiger partial charge in [0.05, 0.1) is 6.26 Å². The van der Waals surface area contributed by atoms with Crippen molar-refractivity contribution in [1.29, 1.82) is 0 Å². The van der Waals surface area contributed by atoms with Crippen molar-refractivity contribution in [3.8, 4) is 0 Å². The Hall–Kier alpha value is -1.05. The van der Waals surface area contributed by atoms with Gasteiger partial charge < -0.3 is 4.74 Å². The van der Waals surface area contributed by atoms with Gasteiger partial charge in [0.2, 0.25) is 0 Å². The predicted molar refractivity (Wildman–Crippen MR) is 86.5 cm³/mol. The van der Waals surface area contributed by atoms with Gasteiger partial charge in [-0.3, -0.25) is 4.79 Å². The first kappa shape index (κ1) is 18.9. The average molecular weight is 280 g/mol. The van der Waals surface area contributed by atoms with Crippen molar-refractivity contribution >= 4 is 5.97 Å². The van der Waals surface area contributed by atoms with E-state index in [9.17, 15) is 4.79 Å². The Morgan fingerprint density at radius 3 is 2.00 bits per heavy atom. The van der Waals surface area contributed by atoms with Gasteiger partial charge in [-0.15, -0.1) is 0 Å². The van der Waals surface area contributed by atoms with Crippen LogP contribution in [0, 0.1) is 0 Å². The second-order valence-corrected chi connectivity index (χ2v) is 5.29. The lowest BCUT2D eigenvalue weighted by Gasteiger charge is -1.98. The number of esters is 1. The maximum Gasteiger partial charge on any atom is 0.307 e. The zero-order chi connectivity index (χ0) is 14.9. The third kappa shape index (κ3) is 16.9. The van der Waals surface area contributed by atoms with Crippen molar-refractivity contribution < 1.29 is 9.53 Å². The number of unbranched alkanes of at least 4 members (excludes halogenated alkanes) is 9. The monoisotopic (exact) mass is 280 g/mol. The molecule has 0 N–H and O–H groups in total. The van der Waals surface area contributed by atoms with Crippen LogP contribution < -0.4 is 0 Å². The minimum atomic E-state index is -0.254. The summed E-state index contributed by atoms with van der Waals surface area (Å²) in [6.07, 6.45) is 22.0. The maximum absolute atomic E-state index is 10.5. The first-order chi connectivity index (χ1) is 9.77. The van der Waals surface area contributed by atoms with Crippen molar-refractivity contribution in [3.63, 3.8) is 0 Å². The molecule has 0 spiro atoms. The van der Waals surface area contributed by atoms with Crippen LogP contribution in [0.3, 0.4) is 0 Å². The molecular weight excluding hydrogens is 248 g/mol. The van der Waals surface area contributed by atoms with Crippen LogP contribution >= 0.6 is 0 Å². The van der Waals surface area contributed by atoms with Crippen molar-refractivity contribution in [3.05, 3.63) is 24.5 Å². The smallest absolute Gasteiger partial charge is 0.307 e. The van der Waals surface area contributed by atoms with E-state index in [2.05, 4.69) is 19.1 Å². The minimum Gasteiger partial charge on any atom is -0.435 e.